The van der Waals surface area contributed by atoms with Gasteiger partial charge in [0.1, 0.15) is 5.01 Å². The zero-order valence-corrected chi connectivity index (χ0v) is 17.0. The van der Waals surface area contributed by atoms with Gasteiger partial charge in [-0.1, -0.05) is 41.7 Å². The topological polar surface area (TPSA) is 75.4 Å². The van der Waals surface area contributed by atoms with E-state index in [1.165, 1.54) is 29.7 Å². The van der Waals surface area contributed by atoms with Gasteiger partial charge in [-0.15, -0.1) is 10.2 Å². The molecular formula is C20H26N6OS. The lowest BCUT2D eigenvalue weighted by Gasteiger charge is -2.28. The predicted octanol–water partition coefficient (Wildman–Crippen LogP) is 2.25. The van der Waals surface area contributed by atoms with E-state index in [2.05, 4.69) is 49.8 Å². The van der Waals surface area contributed by atoms with E-state index in [0.717, 1.165) is 35.3 Å². The number of amides is 1. The van der Waals surface area contributed by atoms with E-state index in [0.29, 0.717) is 25.4 Å². The van der Waals surface area contributed by atoms with Crippen molar-refractivity contribution in [3.05, 3.63) is 46.7 Å². The van der Waals surface area contributed by atoms with Crippen molar-refractivity contribution in [1.29, 1.82) is 0 Å². The number of nitrogens with one attached hydrogen (secondary N) is 1. The molecule has 0 aliphatic carbocycles. The van der Waals surface area contributed by atoms with E-state index in [4.69, 9.17) is 0 Å². The summed E-state index contributed by atoms with van der Waals surface area (Å²) >= 11 is 1.50. The molecule has 2 aromatic heterocycles. The summed E-state index contributed by atoms with van der Waals surface area (Å²) < 4.78 is 1.74. The van der Waals surface area contributed by atoms with Crippen LogP contribution in [0.3, 0.4) is 0 Å². The zero-order valence-electron chi connectivity index (χ0n) is 16.2. The standard InChI is InChI=1S/C20H26N6OS/c1-15-22-23-20-26(15)24-19(28-20)10-9-18(27)21-14-17(25-11-5-6-12-25)13-16-7-3-2-4-8-16/h2-4,7-8,17H,5-6,9-14H2,1H3,(H,21,27). The van der Waals surface area contributed by atoms with Crippen molar-refractivity contribution in [2.45, 2.75) is 45.1 Å². The summed E-state index contributed by atoms with van der Waals surface area (Å²) in [6.45, 7) is 4.82. The quantitative estimate of drug-likeness (QED) is 0.630. The number of aromatic nitrogens is 4. The minimum absolute atomic E-state index is 0.0833. The Balaban J connectivity index is 1.30. The summed E-state index contributed by atoms with van der Waals surface area (Å²) in [6, 6.07) is 10.9. The van der Waals surface area contributed by atoms with Crippen molar-refractivity contribution in [2.75, 3.05) is 19.6 Å². The van der Waals surface area contributed by atoms with E-state index in [-0.39, 0.29) is 5.91 Å². The number of fused-ring (bicyclic) bond motifs is 1. The third-order valence-electron chi connectivity index (χ3n) is 5.26. The molecule has 0 bridgehead atoms. The molecule has 0 spiro atoms. The highest BCUT2D eigenvalue weighted by Gasteiger charge is 2.22. The van der Waals surface area contributed by atoms with E-state index in [9.17, 15) is 4.79 Å². The molecule has 8 heteroatoms. The van der Waals surface area contributed by atoms with Gasteiger partial charge >= 0.3 is 0 Å². The Morgan fingerprint density at radius 1 is 1.21 bits per heavy atom. The number of nitrogens with zero attached hydrogens (tertiary/aromatic N) is 5. The lowest BCUT2D eigenvalue weighted by Crippen LogP contribution is -2.44. The fourth-order valence-electron chi connectivity index (χ4n) is 3.72. The smallest absolute Gasteiger partial charge is 0.234 e. The van der Waals surface area contributed by atoms with Crippen molar-refractivity contribution in [3.63, 3.8) is 0 Å². The number of aryl methyl sites for hydroxylation is 2. The summed E-state index contributed by atoms with van der Waals surface area (Å²) in [6.07, 6.45) is 4.55. The van der Waals surface area contributed by atoms with E-state index >= 15 is 0 Å². The first-order valence-electron chi connectivity index (χ1n) is 9.91. The molecular weight excluding hydrogens is 372 g/mol. The molecule has 4 rings (SSSR count). The van der Waals surface area contributed by atoms with Crippen LogP contribution in [0, 0.1) is 6.92 Å². The lowest BCUT2D eigenvalue weighted by molar-refractivity contribution is -0.121. The van der Waals surface area contributed by atoms with Gasteiger partial charge in [-0.3, -0.25) is 9.69 Å². The molecule has 1 amide bonds. The van der Waals surface area contributed by atoms with Gasteiger partial charge in [0.15, 0.2) is 5.82 Å². The van der Waals surface area contributed by atoms with E-state index in [1.54, 1.807) is 4.52 Å². The van der Waals surface area contributed by atoms with Gasteiger partial charge < -0.3 is 5.32 Å². The Morgan fingerprint density at radius 3 is 2.75 bits per heavy atom. The summed E-state index contributed by atoms with van der Waals surface area (Å²) in [5.74, 6) is 0.858. The van der Waals surface area contributed by atoms with Gasteiger partial charge in [0.05, 0.1) is 0 Å². The van der Waals surface area contributed by atoms with Gasteiger partial charge in [0.25, 0.3) is 0 Å². The minimum Gasteiger partial charge on any atom is -0.355 e. The first-order valence-corrected chi connectivity index (χ1v) is 10.7. The Labute approximate surface area is 168 Å². The van der Waals surface area contributed by atoms with Crippen LogP contribution < -0.4 is 5.32 Å². The maximum Gasteiger partial charge on any atom is 0.234 e. The molecule has 0 saturated carbocycles. The van der Waals surface area contributed by atoms with E-state index < -0.39 is 0 Å². The highest BCUT2D eigenvalue weighted by Crippen LogP contribution is 2.17. The van der Waals surface area contributed by atoms with Gasteiger partial charge in [-0.05, 0) is 44.8 Å². The molecule has 1 fully saturated rings. The maximum absolute atomic E-state index is 12.4. The molecule has 148 valence electrons. The summed E-state index contributed by atoms with van der Waals surface area (Å²) in [4.78, 5) is 15.7. The summed E-state index contributed by atoms with van der Waals surface area (Å²) in [5.41, 5.74) is 1.32. The zero-order chi connectivity index (χ0) is 19.3. The van der Waals surface area contributed by atoms with Crippen molar-refractivity contribution in [1.82, 2.24) is 30.0 Å². The highest BCUT2D eigenvalue weighted by molar-refractivity contribution is 7.16. The minimum atomic E-state index is 0.0833. The Bertz CT molecular complexity index is 915. The Morgan fingerprint density at radius 2 is 2.00 bits per heavy atom. The van der Waals surface area contributed by atoms with Crippen molar-refractivity contribution >= 4 is 22.2 Å². The molecule has 1 N–H and O–H groups in total. The van der Waals surface area contributed by atoms with Crippen LogP contribution in [-0.4, -0.2) is 56.3 Å². The van der Waals surface area contributed by atoms with Crippen molar-refractivity contribution < 1.29 is 4.79 Å². The number of likely N-dealkylation sites (tertiary alicyclic amines) is 1. The third-order valence-corrected chi connectivity index (χ3v) is 6.22. The second-order valence-corrected chi connectivity index (χ2v) is 8.37. The predicted molar refractivity (Wildman–Crippen MR) is 109 cm³/mol. The number of hydrogen-bond donors (Lipinski definition) is 1. The third kappa shape index (κ3) is 4.56. The van der Waals surface area contributed by atoms with Crippen LogP contribution >= 0.6 is 11.3 Å². The molecule has 1 unspecified atom stereocenters. The Kier molecular flexibility index (Phi) is 5.97. The number of carbonyl (C=O) groups excluding carboxylic acids is 1. The first kappa shape index (κ1) is 19.0. The molecule has 0 radical (unpaired) electrons. The number of benzene rings is 1. The Hall–Kier alpha value is -2.32. The molecule has 1 aromatic carbocycles. The molecule has 1 aliphatic heterocycles. The van der Waals surface area contributed by atoms with Crippen LogP contribution in [-0.2, 0) is 17.6 Å². The maximum atomic E-state index is 12.4. The average Bonchev–Trinajstić information content (AvgIpc) is 3.44. The SMILES string of the molecule is Cc1nnc2sc(CCC(=O)NCC(Cc3ccccc3)N3CCCC3)nn12. The number of hydrogen-bond acceptors (Lipinski definition) is 6. The second-order valence-electron chi connectivity index (χ2n) is 7.33. The van der Waals surface area contributed by atoms with Crippen LogP contribution in [0.25, 0.3) is 4.96 Å². The normalized spacial score (nSPS) is 15.9. The molecule has 1 aliphatic rings. The van der Waals surface area contributed by atoms with Crippen LogP contribution in [0.4, 0.5) is 0 Å². The summed E-state index contributed by atoms with van der Waals surface area (Å²) in [5, 5.41) is 16.6. The monoisotopic (exact) mass is 398 g/mol. The van der Waals surface area contributed by atoms with Gasteiger partial charge in [0, 0.05) is 25.4 Å². The molecule has 3 heterocycles. The number of carbonyl (C=O) groups is 1. The lowest BCUT2D eigenvalue weighted by atomic mass is 10.0. The van der Waals surface area contributed by atoms with Crippen LogP contribution in [0.15, 0.2) is 30.3 Å². The van der Waals surface area contributed by atoms with Crippen molar-refractivity contribution in [2.24, 2.45) is 0 Å². The number of rotatable bonds is 8. The molecule has 28 heavy (non-hydrogen) atoms. The fourth-order valence-corrected chi connectivity index (χ4v) is 4.60. The van der Waals surface area contributed by atoms with Crippen LogP contribution in [0.2, 0.25) is 0 Å². The largest absolute Gasteiger partial charge is 0.355 e. The molecule has 7 nitrogen and oxygen atoms in total. The van der Waals surface area contributed by atoms with Gasteiger partial charge in [-0.25, -0.2) is 0 Å². The average molecular weight is 399 g/mol. The highest BCUT2D eigenvalue weighted by atomic mass is 32.1. The van der Waals surface area contributed by atoms with Gasteiger partial charge in [0.2, 0.25) is 10.9 Å². The van der Waals surface area contributed by atoms with Crippen LogP contribution in [0.5, 0.6) is 0 Å². The van der Waals surface area contributed by atoms with Crippen molar-refractivity contribution in [3.8, 4) is 0 Å². The van der Waals surface area contributed by atoms with Gasteiger partial charge in [-0.2, -0.15) is 9.61 Å². The first-order chi connectivity index (χ1) is 13.7. The summed E-state index contributed by atoms with van der Waals surface area (Å²) in [7, 11) is 0. The van der Waals surface area contributed by atoms with E-state index in [1.807, 2.05) is 13.0 Å². The molecule has 1 saturated heterocycles. The molecule has 1 atom stereocenters. The molecule has 3 aromatic rings. The fraction of sp³-hybridized carbons (Fsp3) is 0.500. The van der Waals surface area contributed by atoms with Crippen LogP contribution in [0.1, 0.15) is 35.7 Å². The second kappa shape index (κ2) is 8.79.